The molecule has 2 aromatic heterocycles. The van der Waals surface area contributed by atoms with Crippen LogP contribution in [0.4, 0.5) is 11.6 Å². The van der Waals surface area contributed by atoms with E-state index in [9.17, 15) is 4.79 Å². The third kappa shape index (κ3) is 7.24. The summed E-state index contributed by atoms with van der Waals surface area (Å²) in [6, 6.07) is 20.7. The third-order valence-corrected chi connectivity index (χ3v) is 4.00. The van der Waals surface area contributed by atoms with Crippen molar-refractivity contribution >= 4 is 17.5 Å². The minimum Gasteiger partial charge on any atom is -0.383 e. The predicted molar refractivity (Wildman–Crippen MR) is 141 cm³/mol. The van der Waals surface area contributed by atoms with E-state index in [2.05, 4.69) is 10.2 Å². The van der Waals surface area contributed by atoms with Crippen molar-refractivity contribution in [1.82, 2.24) is 19.6 Å². The summed E-state index contributed by atoms with van der Waals surface area (Å²) in [7, 11) is 0. The summed E-state index contributed by atoms with van der Waals surface area (Å²) in [5.74, 6) is 0.0575. The van der Waals surface area contributed by atoms with Gasteiger partial charge in [-0.25, -0.2) is 9.36 Å². The molecule has 2 aromatic carbocycles. The summed E-state index contributed by atoms with van der Waals surface area (Å²) in [6.45, 7) is 8.00. The normalized spacial score (nSPS) is 8.79. The van der Waals surface area contributed by atoms with Crippen molar-refractivity contribution < 1.29 is 6.22 Å². The van der Waals surface area contributed by atoms with Crippen LogP contribution in [-0.2, 0) is 0 Å². The van der Waals surface area contributed by atoms with Gasteiger partial charge in [0.2, 0.25) is 0 Å². The van der Waals surface area contributed by atoms with Crippen LogP contribution in [0.1, 0.15) is 52.5 Å². The van der Waals surface area contributed by atoms with Crippen LogP contribution in [0.5, 0.6) is 0 Å². The maximum absolute atomic E-state index is 11.0. The average molecular weight is 466 g/mol. The lowest BCUT2D eigenvalue weighted by Crippen LogP contribution is -2.13. The van der Waals surface area contributed by atoms with Crippen molar-refractivity contribution in [3.63, 3.8) is 0 Å². The number of amides is 1. The highest BCUT2D eigenvalue weighted by molar-refractivity contribution is 5.97. The molecule has 4 rings (SSSR count). The number of hydrogen-bond donors (Lipinski definition) is 3. The second-order valence-electron chi connectivity index (χ2n) is 5.86. The number of primary amides is 1. The number of rotatable bonds is 3. The predicted octanol–water partition coefficient (Wildman–Crippen LogP) is 4.81. The fourth-order valence-electron chi connectivity index (χ4n) is 2.54. The SMILES string of the molecule is C.CC.CC.N#Cc1cnn(-c2ccccc2)c1N.NC(=O)c1cnn(-c2ccccc2)c1N.[2HH]. The Morgan fingerprint density at radius 2 is 1.24 bits per heavy atom. The first-order chi connectivity index (χ1) is 16.0. The van der Waals surface area contributed by atoms with Gasteiger partial charge in [0.25, 0.3) is 5.91 Å². The van der Waals surface area contributed by atoms with Gasteiger partial charge in [0.05, 0.1) is 23.8 Å². The van der Waals surface area contributed by atoms with Crippen molar-refractivity contribution in [1.29, 1.82) is 5.26 Å². The highest BCUT2D eigenvalue weighted by Gasteiger charge is 2.12. The van der Waals surface area contributed by atoms with Gasteiger partial charge in [0, 0.05) is 1.43 Å². The molecule has 0 atom stereocenters. The van der Waals surface area contributed by atoms with E-state index in [1.807, 2.05) is 94.4 Å². The lowest BCUT2D eigenvalue weighted by atomic mass is 10.3. The molecular formula is C25H36N8O. The number of nitrogens with zero attached hydrogens (tertiary/aromatic N) is 5. The van der Waals surface area contributed by atoms with Crippen LogP contribution in [0.15, 0.2) is 73.1 Å². The van der Waals surface area contributed by atoms with Crippen LogP contribution in [-0.4, -0.2) is 25.5 Å². The Hall–Kier alpha value is -4.58. The molecule has 1 amide bonds. The van der Waals surface area contributed by atoms with E-state index in [1.54, 1.807) is 4.68 Å². The number of hydrogen-bond acceptors (Lipinski definition) is 6. The fourth-order valence-corrected chi connectivity index (χ4v) is 2.54. The molecule has 4 aromatic rings. The summed E-state index contributed by atoms with van der Waals surface area (Å²) >= 11 is 0. The van der Waals surface area contributed by atoms with E-state index in [-0.39, 0.29) is 20.2 Å². The van der Waals surface area contributed by atoms with E-state index in [4.69, 9.17) is 22.5 Å². The Bertz CT molecular complexity index is 1170. The second kappa shape index (κ2) is 15.3. The Balaban J connectivity index is 0. The van der Waals surface area contributed by atoms with Crippen molar-refractivity contribution in [3.05, 3.63) is 84.2 Å². The first-order valence-electron chi connectivity index (χ1n) is 10.5. The first kappa shape index (κ1) is 29.4. The van der Waals surface area contributed by atoms with Crippen LogP contribution in [0, 0.1) is 11.3 Å². The zero-order chi connectivity index (χ0) is 24.8. The Morgan fingerprint density at radius 3 is 1.59 bits per heavy atom. The van der Waals surface area contributed by atoms with E-state index < -0.39 is 5.91 Å². The quantitative estimate of drug-likeness (QED) is 0.394. The number of benzene rings is 2. The van der Waals surface area contributed by atoms with Crippen molar-refractivity contribution in [2.75, 3.05) is 11.5 Å². The topological polar surface area (TPSA) is 155 Å². The lowest BCUT2D eigenvalue weighted by molar-refractivity contribution is 0.100. The summed E-state index contributed by atoms with van der Waals surface area (Å²) in [6.07, 6.45) is 2.83. The lowest BCUT2D eigenvalue weighted by Gasteiger charge is -2.03. The smallest absolute Gasteiger partial charge is 0.254 e. The largest absolute Gasteiger partial charge is 0.383 e. The van der Waals surface area contributed by atoms with Gasteiger partial charge in [-0.05, 0) is 24.3 Å². The van der Waals surface area contributed by atoms with Crippen molar-refractivity contribution in [3.8, 4) is 17.4 Å². The highest BCUT2D eigenvalue weighted by atomic mass is 16.1. The molecule has 0 spiro atoms. The minimum absolute atomic E-state index is 0. The Morgan fingerprint density at radius 1 is 0.824 bits per heavy atom. The Labute approximate surface area is 202 Å². The van der Waals surface area contributed by atoms with E-state index in [1.165, 1.54) is 17.1 Å². The second-order valence-corrected chi connectivity index (χ2v) is 5.86. The molecule has 34 heavy (non-hydrogen) atoms. The van der Waals surface area contributed by atoms with Crippen LogP contribution in [0.3, 0.4) is 0 Å². The van der Waals surface area contributed by atoms with Crippen molar-refractivity contribution in [2.24, 2.45) is 5.73 Å². The van der Waals surface area contributed by atoms with Gasteiger partial charge in [0.15, 0.2) is 0 Å². The van der Waals surface area contributed by atoms with Crippen LogP contribution in [0.2, 0.25) is 0 Å². The molecule has 0 aliphatic rings. The standard InChI is InChI=1S/C10H10N4O.C10H8N4.2C2H6.CH4.H2/c11-9-8(10(12)15)6-13-14(9)7-4-2-1-3-5-7;11-6-8-7-13-14(10(8)12)9-4-2-1-3-5-9;2*1-2;;/h1-6H,11H2,(H2,12,15);1-5,7H,12H2;2*1-2H3;1H4;1H/i;;;;;1+1. The molecular weight excluding hydrogens is 428 g/mol. The highest BCUT2D eigenvalue weighted by Crippen LogP contribution is 2.16. The van der Waals surface area contributed by atoms with E-state index in [0.29, 0.717) is 11.4 Å². The monoisotopic (exact) mass is 465 g/mol. The maximum Gasteiger partial charge on any atom is 0.254 e. The molecule has 0 fully saturated rings. The molecule has 0 saturated heterocycles. The summed E-state index contributed by atoms with van der Waals surface area (Å²) in [5, 5.41) is 16.7. The van der Waals surface area contributed by atoms with Gasteiger partial charge in [-0.15, -0.1) is 0 Å². The number of carbonyl (C=O) groups excluding carboxylic acids is 1. The molecule has 0 aliphatic heterocycles. The van der Waals surface area contributed by atoms with Crippen LogP contribution >= 0.6 is 0 Å². The molecule has 6 N–H and O–H groups in total. The van der Waals surface area contributed by atoms with Gasteiger partial charge in [0.1, 0.15) is 28.8 Å². The Kier molecular flexibility index (Phi) is 13.2. The number of anilines is 2. The zero-order valence-corrected chi connectivity index (χ0v) is 19.3. The number of nitrogens with two attached hydrogens (primary N) is 3. The van der Waals surface area contributed by atoms with E-state index in [0.717, 1.165) is 11.4 Å². The van der Waals surface area contributed by atoms with Crippen LogP contribution in [0.25, 0.3) is 11.4 Å². The number of para-hydroxylation sites is 2. The van der Waals surface area contributed by atoms with Crippen molar-refractivity contribution in [2.45, 2.75) is 35.1 Å². The van der Waals surface area contributed by atoms with Crippen LogP contribution < -0.4 is 17.2 Å². The molecule has 9 heteroatoms. The molecule has 0 unspecified atom stereocenters. The zero-order valence-electron chi connectivity index (χ0n) is 19.3. The number of nitrogen functional groups attached to an aromatic ring is 2. The van der Waals surface area contributed by atoms with Gasteiger partial charge >= 0.3 is 0 Å². The minimum atomic E-state index is -0.574. The molecule has 0 saturated carbocycles. The summed E-state index contributed by atoms with van der Waals surface area (Å²) in [4.78, 5) is 11.0. The fraction of sp³-hybridized carbons (Fsp3) is 0.200. The molecule has 0 bridgehead atoms. The molecule has 0 radical (unpaired) electrons. The molecule has 0 aliphatic carbocycles. The van der Waals surface area contributed by atoms with Gasteiger partial charge in [-0.3, -0.25) is 4.79 Å². The van der Waals surface area contributed by atoms with Gasteiger partial charge < -0.3 is 17.2 Å². The number of carbonyl (C=O) groups is 1. The third-order valence-electron chi connectivity index (χ3n) is 4.00. The number of nitriles is 1. The van der Waals surface area contributed by atoms with Gasteiger partial charge in [-0.2, -0.15) is 15.5 Å². The maximum atomic E-state index is 11.0. The molecule has 9 nitrogen and oxygen atoms in total. The molecule has 2 heterocycles. The average Bonchev–Trinajstić information content (AvgIpc) is 3.45. The summed E-state index contributed by atoms with van der Waals surface area (Å²) in [5.41, 5.74) is 18.9. The van der Waals surface area contributed by atoms with E-state index >= 15 is 0 Å². The number of aromatic nitrogens is 4. The molecule has 182 valence electrons. The van der Waals surface area contributed by atoms with Gasteiger partial charge in [-0.1, -0.05) is 71.5 Å². The summed E-state index contributed by atoms with van der Waals surface area (Å²) < 4.78 is 3.01. The first-order valence-corrected chi connectivity index (χ1v) is 10.5.